The van der Waals surface area contributed by atoms with Gasteiger partial charge >= 0.3 is 0 Å². The van der Waals surface area contributed by atoms with E-state index in [1.54, 1.807) is 0 Å². The Morgan fingerprint density at radius 3 is 2.57 bits per heavy atom. The standard InChI is InChI=1S/C11H15N.C2H6/c1-4-6-7-11-10(5-2)8-9(3)12-11;1-2/h5-8,12H,2,4H2,1,3H3;1-2H3/b7-6-;. The van der Waals surface area contributed by atoms with E-state index in [2.05, 4.69) is 43.6 Å². The van der Waals surface area contributed by atoms with Gasteiger partial charge in [-0.1, -0.05) is 39.5 Å². The molecular formula is C13H21N. The molecule has 0 bridgehead atoms. The lowest BCUT2D eigenvalue weighted by Crippen LogP contribution is -1.74. The second-order valence-corrected chi connectivity index (χ2v) is 2.84. The quantitative estimate of drug-likeness (QED) is 0.728. The number of H-pyrrole nitrogens is 1. The first-order chi connectivity index (χ1) is 6.77. The van der Waals surface area contributed by atoms with Crippen molar-refractivity contribution in [3.63, 3.8) is 0 Å². The molecule has 0 saturated carbocycles. The van der Waals surface area contributed by atoms with Crippen LogP contribution in [0.5, 0.6) is 0 Å². The van der Waals surface area contributed by atoms with Gasteiger partial charge in [-0.3, -0.25) is 0 Å². The molecule has 0 aromatic carbocycles. The van der Waals surface area contributed by atoms with Crippen LogP contribution in [0.3, 0.4) is 0 Å². The van der Waals surface area contributed by atoms with Crippen LogP contribution in [-0.2, 0) is 0 Å². The zero-order valence-corrected chi connectivity index (χ0v) is 9.72. The van der Waals surface area contributed by atoms with Crippen molar-refractivity contribution in [2.45, 2.75) is 34.1 Å². The maximum absolute atomic E-state index is 3.76. The fourth-order valence-electron chi connectivity index (χ4n) is 1.17. The normalized spacial score (nSPS) is 9.71. The van der Waals surface area contributed by atoms with Crippen LogP contribution in [0.2, 0.25) is 0 Å². The molecule has 1 heterocycles. The molecule has 14 heavy (non-hydrogen) atoms. The SMILES string of the molecule is C=Cc1cc(C)[nH]c1/C=C\CC.CC. The fourth-order valence-corrected chi connectivity index (χ4v) is 1.17. The van der Waals surface area contributed by atoms with Crippen molar-refractivity contribution >= 4 is 12.2 Å². The summed E-state index contributed by atoms with van der Waals surface area (Å²) in [5.74, 6) is 0. The van der Waals surface area contributed by atoms with E-state index in [9.17, 15) is 0 Å². The van der Waals surface area contributed by atoms with E-state index in [0.29, 0.717) is 0 Å². The average molecular weight is 191 g/mol. The monoisotopic (exact) mass is 191 g/mol. The van der Waals surface area contributed by atoms with E-state index in [1.165, 1.54) is 11.3 Å². The van der Waals surface area contributed by atoms with Gasteiger partial charge in [0, 0.05) is 11.4 Å². The topological polar surface area (TPSA) is 15.8 Å². The minimum Gasteiger partial charge on any atom is -0.359 e. The highest BCUT2D eigenvalue weighted by Gasteiger charge is 1.97. The molecule has 1 nitrogen and oxygen atoms in total. The summed E-state index contributed by atoms with van der Waals surface area (Å²) in [4.78, 5) is 3.27. The number of allylic oxidation sites excluding steroid dienone is 1. The van der Waals surface area contributed by atoms with Crippen molar-refractivity contribution in [2.24, 2.45) is 0 Å². The summed E-state index contributed by atoms with van der Waals surface area (Å²) in [5, 5.41) is 0. The van der Waals surface area contributed by atoms with E-state index in [0.717, 1.165) is 12.1 Å². The van der Waals surface area contributed by atoms with Gasteiger partial charge < -0.3 is 4.98 Å². The van der Waals surface area contributed by atoms with E-state index in [4.69, 9.17) is 0 Å². The number of rotatable bonds is 3. The van der Waals surface area contributed by atoms with Gasteiger partial charge in [-0.15, -0.1) is 0 Å². The molecule has 0 radical (unpaired) electrons. The molecule has 1 aromatic rings. The minimum atomic E-state index is 1.06. The van der Waals surface area contributed by atoms with Crippen LogP contribution in [0, 0.1) is 6.92 Å². The predicted molar refractivity (Wildman–Crippen MR) is 66.3 cm³/mol. The van der Waals surface area contributed by atoms with Crippen molar-refractivity contribution < 1.29 is 0 Å². The van der Waals surface area contributed by atoms with E-state index < -0.39 is 0 Å². The molecule has 0 fully saturated rings. The summed E-state index contributed by atoms with van der Waals surface area (Å²) in [6, 6.07) is 2.10. The van der Waals surface area contributed by atoms with Crippen molar-refractivity contribution in [2.75, 3.05) is 0 Å². The van der Waals surface area contributed by atoms with Gasteiger partial charge in [0.05, 0.1) is 0 Å². The number of hydrogen-bond donors (Lipinski definition) is 1. The zero-order valence-electron chi connectivity index (χ0n) is 9.72. The summed E-state index contributed by atoms with van der Waals surface area (Å²) in [6.45, 7) is 11.9. The van der Waals surface area contributed by atoms with Crippen LogP contribution in [0.15, 0.2) is 18.7 Å². The largest absolute Gasteiger partial charge is 0.359 e. The van der Waals surface area contributed by atoms with Gasteiger partial charge in [0.15, 0.2) is 0 Å². The summed E-state index contributed by atoms with van der Waals surface area (Å²) in [7, 11) is 0. The molecule has 0 aliphatic carbocycles. The fraction of sp³-hybridized carbons (Fsp3) is 0.385. The highest BCUT2D eigenvalue weighted by Crippen LogP contribution is 2.13. The molecule has 78 valence electrons. The maximum Gasteiger partial charge on any atom is 0.0452 e. The molecule has 0 spiro atoms. The number of aromatic nitrogens is 1. The first kappa shape index (κ1) is 12.8. The van der Waals surface area contributed by atoms with Crippen molar-refractivity contribution in [1.82, 2.24) is 4.98 Å². The molecule has 0 aliphatic rings. The van der Waals surface area contributed by atoms with Gasteiger partial charge in [-0.25, -0.2) is 0 Å². The Morgan fingerprint density at radius 2 is 2.07 bits per heavy atom. The lowest BCUT2D eigenvalue weighted by atomic mass is 10.2. The molecule has 0 unspecified atom stereocenters. The van der Waals surface area contributed by atoms with Crippen LogP contribution in [0.4, 0.5) is 0 Å². The first-order valence-electron chi connectivity index (χ1n) is 5.26. The first-order valence-corrected chi connectivity index (χ1v) is 5.26. The molecule has 1 heteroatoms. The number of aromatic amines is 1. The van der Waals surface area contributed by atoms with Gasteiger partial charge in [0.1, 0.15) is 0 Å². The Bertz CT molecular complexity index is 292. The lowest BCUT2D eigenvalue weighted by Gasteiger charge is -1.89. The van der Waals surface area contributed by atoms with Crippen molar-refractivity contribution in [3.05, 3.63) is 35.7 Å². The van der Waals surface area contributed by atoms with Gasteiger partial charge in [-0.2, -0.15) is 0 Å². The van der Waals surface area contributed by atoms with Gasteiger partial charge in [0.2, 0.25) is 0 Å². The van der Waals surface area contributed by atoms with Gasteiger partial charge in [0.25, 0.3) is 0 Å². The Hall–Kier alpha value is -1.24. The molecule has 1 N–H and O–H groups in total. The molecular weight excluding hydrogens is 170 g/mol. The van der Waals surface area contributed by atoms with Crippen LogP contribution in [-0.4, -0.2) is 4.98 Å². The maximum atomic E-state index is 3.76. The van der Waals surface area contributed by atoms with Crippen LogP contribution >= 0.6 is 0 Å². The number of nitrogens with one attached hydrogen (secondary N) is 1. The van der Waals surface area contributed by atoms with Gasteiger partial charge in [-0.05, 0) is 31.1 Å². The highest BCUT2D eigenvalue weighted by atomic mass is 14.7. The molecule has 0 saturated heterocycles. The van der Waals surface area contributed by atoms with E-state index in [-0.39, 0.29) is 0 Å². The number of aryl methyl sites for hydroxylation is 1. The third-order valence-corrected chi connectivity index (χ3v) is 1.75. The summed E-state index contributed by atoms with van der Waals surface area (Å²) < 4.78 is 0. The third kappa shape index (κ3) is 3.65. The second-order valence-electron chi connectivity index (χ2n) is 2.84. The summed E-state index contributed by atoms with van der Waals surface area (Å²) in [6.07, 6.45) is 7.18. The Labute approximate surface area is 87.6 Å². The molecule has 0 amide bonds. The average Bonchev–Trinajstić information content (AvgIpc) is 2.59. The Kier molecular flexibility index (Phi) is 6.55. The molecule has 0 atom stereocenters. The third-order valence-electron chi connectivity index (χ3n) is 1.75. The zero-order chi connectivity index (χ0) is 11.0. The Morgan fingerprint density at radius 1 is 1.43 bits per heavy atom. The molecule has 1 rings (SSSR count). The Balaban J connectivity index is 0.000000791. The van der Waals surface area contributed by atoms with E-state index in [1.807, 2.05) is 19.9 Å². The van der Waals surface area contributed by atoms with Crippen LogP contribution in [0.25, 0.3) is 12.2 Å². The smallest absolute Gasteiger partial charge is 0.0452 e. The van der Waals surface area contributed by atoms with E-state index >= 15 is 0 Å². The van der Waals surface area contributed by atoms with Crippen molar-refractivity contribution in [3.8, 4) is 0 Å². The minimum absolute atomic E-state index is 1.06. The number of hydrogen-bond acceptors (Lipinski definition) is 0. The lowest BCUT2D eigenvalue weighted by molar-refractivity contribution is 1.22. The highest BCUT2D eigenvalue weighted by molar-refractivity contribution is 5.62. The molecule has 0 aliphatic heterocycles. The predicted octanol–water partition coefficient (Wildman–Crippen LogP) is 4.42. The van der Waals surface area contributed by atoms with Crippen LogP contribution < -0.4 is 0 Å². The van der Waals surface area contributed by atoms with Crippen molar-refractivity contribution in [1.29, 1.82) is 0 Å². The second kappa shape index (κ2) is 7.19. The van der Waals surface area contributed by atoms with Crippen LogP contribution in [0.1, 0.15) is 44.1 Å². The molecule has 1 aromatic heterocycles. The summed E-state index contributed by atoms with van der Waals surface area (Å²) >= 11 is 0. The summed E-state index contributed by atoms with van der Waals surface area (Å²) in [5.41, 5.74) is 3.52.